The van der Waals surface area contributed by atoms with Gasteiger partial charge in [-0.1, -0.05) is 0 Å². The maximum Gasteiger partial charge on any atom is 0.343 e. The number of methoxy groups -OCH3 is 3. The van der Waals surface area contributed by atoms with E-state index in [-0.39, 0.29) is 0 Å². The maximum absolute atomic E-state index is 12.1. The molecule has 0 radical (unpaired) electrons. The van der Waals surface area contributed by atoms with Crippen LogP contribution in [0.4, 0.5) is 0 Å². The van der Waals surface area contributed by atoms with Gasteiger partial charge in [-0.2, -0.15) is 0 Å². The van der Waals surface area contributed by atoms with E-state index in [1.807, 2.05) is 0 Å². The molecule has 5 nitrogen and oxygen atoms in total. The van der Waals surface area contributed by atoms with Crippen LogP contribution < -0.4 is 18.9 Å². The number of carbonyl (C=O) groups is 1. The number of benzene rings is 2. The van der Waals surface area contributed by atoms with Crippen LogP contribution in [0.5, 0.6) is 23.0 Å². The van der Waals surface area contributed by atoms with Crippen molar-refractivity contribution in [2.45, 2.75) is 0 Å². The van der Waals surface area contributed by atoms with Gasteiger partial charge in [0.25, 0.3) is 0 Å². The van der Waals surface area contributed by atoms with Gasteiger partial charge in [-0.25, -0.2) is 4.79 Å². The van der Waals surface area contributed by atoms with Crippen LogP contribution >= 0.6 is 0 Å². The number of esters is 1. The smallest absolute Gasteiger partial charge is 0.343 e. The molecule has 0 saturated heterocycles. The molecule has 0 atom stereocenters. The van der Waals surface area contributed by atoms with Crippen molar-refractivity contribution >= 4 is 5.97 Å². The summed E-state index contributed by atoms with van der Waals surface area (Å²) in [7, 11) is 4.62. The molecule has 0 aliphatic rings. The summed E-state index contributed by atoms with van der Waals surface area (Å²) in [6, 6.07) is 11.6. The van der Waals surface area contributed by atoms with Gasteiger partial charge in [0, 0.05) is 6.07 Å². The first-order valence-corrected chi connectivity index (χ1v) is 6.25. The molecule has 0 aliphatic heterocycles. The van der Waals surface area contributed by atoms with Crippen LogP contribution in [-0.2, 0) is 0 Å². The highest BCUT2D eigenvalue weighted by molar-refractivity contribution is 5.92. The maximum atomic E-state index is 12.1. The van der Waals surface area contributed by atoms with E-state index in [4.69, 9.17) is 18.9 Å². The summed E-state index contributed by atoms with van der Waals surface area (Å²) >= 11 is 0. The van der Waals surface area contributed by atoms with E-state index >= 15 is 0 Å². The first-order valence-electron chi connectivity index (χ1n) is 6.25. The van der Waals surface area contributed by atoms with Crippen molar-refractivity contribution in [1.29, 1.82) is 0 Å². The molecule has 0 aliphatic carbocycles. The van der Waals surface area contributed by atoms with Crippen molar-refractivity contribution in [1.82, 2.24) is 0 Å². The van der Waals surface area contributed by atoms with E-state index in [2.05, 4.69) is 0 Å². The standard InChI is InChI=1S/C16H16O5/c1-18-12-4-6-13(7-5-12)21-16(17)11-8-14(19-2)10-15(9-11)20-3/h4-10H,1-3H3. The fourth-order valence-electron chi connectivity index (χ4n) is 1.74. The third-order valence-electron chi connectivity index (χ3n) is 2.86. The van der Waals surface area contributed by atoms with Gasteiger partial charge >= 0.3 is 5.97 Å². The second-order valence-corrected chi connectivity index (χ2v) is 4.17. The number of carbonyl (C=O) groups excluding carboxylic acids is 1. The Kier molecular flexibility index (Phi) is 4.66. The topological polar surface area (TPSA) is 54.0 Å². The Hall–Kier alpha value is -2.69. The second kappa shape index (κ2) is 6.65. The molecule has 0 saturated carbocycles. The molecule has 2 aromatic carbocycles. The molecule has 0 unspecified atom stereocenters. The molecule has 0 aromatic heterocycles. The third-order valence-corrected chi connectivity index (χ3v) is 2.86. The van der Waals surface area contributed by atoms with Crippen LogP contribution in [0.2, 0.25) is 0 Å². The Morgan fingerprint density at radius 3 is 1.67 bits per heavy atom. The number of ether oxygens (including phenoxy) is 4. The quantitative estimate of drug-likeness (QED) is 0.625. The van der Waals surface area contributed by atoms with Crippen molar-refractivity contribution in [3.05, 3.63) is 48.0 Å². The van der Waals surface area contributed by atoms with Gasteiger partial charge < -0.3 is 18.9 Å². The Bertz CT molecular complexity index is 597. The number of hydrogen-bond donors (Lipinski definition) is 0. The molecule has 2 aromatic rings. The van der Waals surface area contributed by atoms with Gasteiger partial charge in [0.15, 0.2) is 0 Å². The molecular weight excluding hydrogens is 272 g/mol. The Balaban J connectivity index is 2.18. The molecule has 0 bridgehead atoms. The van der Waals surface area contributed by atoms with Crippen molar-refractivity contribution in [2.24, 2.45) is 0 Å². The van der Waals surface area contributed by atoms with E-state index in [9.17, 15) is 4.79 Å². The van der Waals surface area contributed by atoms with Crippen LogP contribution in [0.15, 0.2) is 42.5 Å². The van der Waals surface area contributed by atoms with Crippen molar-refractivity contribution in [3.63, 3.8) is 0 Å². The number of hydrogen-bond acceptors (Lipinski definition) is 5. The summed E-state index contributed by atoms with van der Waals surface area (Å²) < 4.78 is 20.6. The summed E-state index contributed by atoms with van der Waals surface area (Å²) in [4.78, 5) is 12.1. The summed E-state index contributed by atoms with van der Waals surface area (Å²) in [5.74, 6) is 1.69. The summed E-state index contributed by atoms with van der Waals surface area (Å²) in [6.45, 7) is 0. The molecule has 0 N–H and O–H groups in total. The van der Waals surface area contributed by atoms with Crippen LogP contribution in [0.1, 0.15) is 10.4 Å². The van der Waals surface area contributed by atoms with Crippen LogP contribution in [0, 0.1) is 0 Å². The minimum atomic E-state index is -0.489. The molecule has 2 rings (SSSR count). The van der Waals surface area contributed by atoms with E-state index < -0.39 is 5.97 Å². The average molecular weight is 288 g/mol. The lowest BCUT2D eigenvalue weighted by atomic mass is 10.2. The van der Waals surface area contributed by atoms with Crippen LogP contribution in [-0.4, -0.2) is 27.3 Å². The lowest BCUT2D eigenvalue weighted by Crippen LogP contribution is -2.09. The predicted octanol–water partition coefficient (Wildman–Crippen LogP) is 2.93. The minimum Gasteiger partial charge on any atom is -0.497 e. The zero-order valence-corrected chi connectivity index (χ0v) is 12.1. The molecular formula is C16H16O5. The summed E-state index contributed by atoms with van der Waals surface area (Å²) in [5, 5.41) is 0. The molecule has 0 spiro atoms. The SMILES string of the molecule is COc1ccc(OC(=O)c2cc(OC)cc(OC)c2)cc1. The van der Waals surface area contributed by atoms with E-state index in [1.54, 1.807) is 49.6 Å². The van der Waals surface area contributed by atoms with E-state index in [1.165, 1.54) is 14.2 Å². The zero-order valence-electron chi connectivity index (χ0n) is 12.1. The first kappa shape index (κ1) is 14.7. The summed E-state index contributed by atoms with van der Waals surface area (Å²) in [6.07, 6.45) is 0. The Morgan fingerprint density at radius 2 is 1.19 bits per heavy atom. The first-order chi connectivity index (χ1) is 10.2. The van der Waals surface area contributed by atoms with Gasteiger partial charge in [-0.15, -0.1) is 0 Å². The second-order valence-electron chi connectivity index (χ2n) is 4.17. The largest absolute Gasteiger partial charge is 0.497 e. The molecule has 110 valence electrons. The van der Waals surface area contributed by atoms with Crippen LogP contribution in [0.3, 0.4) is 0 Å². The molecule has 21 heavy (non-hydrogen) atoms. The highest BCUT2D eigenvalue weighted by Gasteiger charge is 2.12. The Labute approximate surface area is 123 Å². The normalized spacial score (nSPS) is 9.86. The van der Waals surface area contributed by atoms with E-state index in [0.717, 1.165) is 0 Å². The van der Waals surface area contributed by atoms with Gasteiger partial charge in [0.05, 0.1) is 26.9 Å². The highest BCUT2D eigenvalue weighted by atomic mass is 16.5. The molecule has 5 heteroatoms. The monoisotopic (exact) mass is 288 g/mol. The fourth-order valence-corrected chi connectivity index (χ4v) is 1.74. The highest BCUT2D eigenvalue weighted by Crippen LogP contribution is 2.24. The van der Waals surface area contributed by atoms with Crippen molar-refractivity contribution in [2.75, 3.05) is 21.3 Å². The van der Waals surface area contributed by atoms with Gasteiger partial charge in [0.2, 0.25) is 0 Å². The van der Waals surface area contributed by atoms with Gasteiger partial charge in [-0.3, -0.25) is 0 Å². The predicted molar refractivity (Wildman–Crippen MR) is 77.5 cm³/mol. The minimum absolute atomic E-state index is 0.349. The Morgan fingerprint density at radius 1 is 0.714 bits per heavy atom. The van der Waals surface area contributed by atoms with Gasteiger partial charge in [-0.05, 0) is 36.4 Å². The molecule has 0 heterocycles. The van der Waals surface area contributed by atoms with Crippen molar-refractivity contribution in [3.8, 4) is 23.0 Å². The number of rotatable bonds is 5. The zero-order chi connectivity index (χ0) is 15.2. The average Bonchev–Trinajstić information content (AvgIpc) is 2.54. The lowest BCUT2D eigenvalue weighted by molar-refractivity contribution is 0.0734. The van der Waals surface area contributed by atoms with Gasteiger partial charge in [0.1, 0.15) is 23.0 Å². The molecule has 0 amide bonds. The van der Waals surface area contributed by atoms with Crippen LogP contribution in [0.25, 0.3) is 0 Å². The van der Waals surface area contributed by atoms with E-state index in [0.29, 0.717) is 28.6 Å². The third kappa shape index (κ3) is 3.66. The van der Waals surface area contributed by atoms with Crippen molar-refractivity contribution < 1.29 is 23.7 Å². The molecule has 0 fully saturated rings. The fraction of sp³-hybridized carbons (Fsp3) is 0.188. The lowest BCUT2D eigenvalue weighted by Gasteiger charge is -2.09. The summed E-state index contributed by atoms with van der Waals surface area (Å²) in [5.41, 5.74) is 0.349.